The summed E-state index contributed by atoms with van der Waals surface area (Å²) >= 11 is 3.49. The molecule has 2 rings (SSSR count). The summed E-state index contributed by atoms with van der Waals surface area (Å²) < 4.78 is 1.09. The van der Waals surface area contributed by atoms with Crippen LogP contribution in [0.3, 0.4) is 0 Å². The van der Waals surface area contributed by atoms with Crippen LogP contribution in [0.4, 0.5) is 11.4 Å². The van der Waals surface area contributed by atoms with E-state index in [9.17, 15) is 0 Å². The maximum absolute atomic E-state index is 3.49. The summed E-state index contributed by atoms with van der Waals surface area (Å²) in [6.07, 6.45) is 6.30. The molecule has 0 amide bonds. The van der Waals surface area contributed by atoms with Crippen molar-refractivity contribution in [3.8, 4) is 0 Å². The summed E-state index contributed by atoms with van der Waals surface area (Å²) in [6, 6.07) is 18.8. The second-order valence-electron chi connectivity index (χ2n) is 4.36. The Bertz CT molecular complexity index is 597. The monoisotopic (exact) mass is 327 g/mol. The molecule has 2 heteroatoms. The van der Waals surface area contributed by atoms with Gasteiger partial charge in [0.05, 0.1) is 0 Å². The van der Waals surface area contributed by atoms with Crippen molar-refractivity contribution in [2.24, 2.45) is 0 Å². The molecule has 0 N–H and O–H groups in total. The fourth-order valence-electron chi connectivity index (χ4n) is 2.09. The molecule has 0 radical (unpaired) electrons. The number of nitrogens with zero attached hydrogens (tertiary/aromatic N) is 1. The van der Waals surface area contributed by atoms with Crippen molar-refractivity contribution in [3.05, 3.63) is 83.0 Å². The molecule has 102 valence electrons. The van der Waals surface area contributed by atoms with Gasteiger partial charge in [-0.25, -0.2) is 0 Å². The predicted octanol–water partition coefficient (Wildman–Crippen LogP) is 6.07. The standard InChI is InChI=1S/C18H18BrN/c1-3-8-16(4-2)20(17-9-6-5-7-10-17)18-13-11-15(19)12-14-18/h3-14H,1-2H3/b8-3-,16-4+. The highest BCUT2D eigenvalue weighted by atomic mass is 79.9. The first-order valence-corrected chi connectivity index (χ1v) is 7.45. The highest BCUT2D eigenvalue weighted by Crippen LogP contribution is 2.31. The predicted molar refractivity (Wildman–Crippen MR) is 91.3 cm³/mol. The first-order valence-electron chi connectivity index (χ1n) is 6.66. The molecule has 0 aliphatic rings. The van der Waals surface area contributed by atoms with Gasteiger partial charge in [-0.1, -0.05) is 46.3 Å². The molecule has 0 saturated carbocycles. The van der Waals surface area contributed by atoms with Crippen LogP contribution in [-0.4, -0.2) is 0 Å². The molecule has 1 nitrogen and oxygen atoms in total. The fraction of sp³-hybridized carbons (Fsp3) is 0.111. The second-order valence-corrected chi connectivity index (χ2v) is 5.28. The number of halogens is 1. The van der Waals surface area contributed by atoms with Gasteiger partial charge < -0.3 is 4.90 Å². The number of rotatable bonds is 4. The molecule has 0 aromatic heterocycles. The molecule has 0 spiro atoms. The first-order chi connectivity index (χ1) is 9.76. The van der Waals surface area contributed by atoms with Gasteiger partial charge in [0.1, 0.15) is 0 Å². The molecule has 0 fully saturated rings. The van der Waals surface area contributed by atoms with Gasteiger partial charge in [-0.15, -0.1) is 0 Å². The van der Waals surface area contributed by atoms with Crippen molar-refractivity contribution in [1.82, 2.24) is 0 Å². The number of anilines is 2. The van der Waals surface area contributed by atoms with E-state index in [1.54, 1.807) is 0 Å². The zero-order valence-corrected chi connectivity index (χ0v) is 13.3. The Labute approximate surface area is 129 Å². The topological polar surface area (TPSA) is 3.24 Å². The van der Waals surface area contributed by atoms with Crippen molar-refractivity contribution < 1.29 is 0 Å². The summed E-state index contributed by atoms with van der Waals surface area (Å²) in [5, 5.41) is 0. The van der Waals surface area contributed by atoms with Gasteiger partial charge >= 0.3 is 0 Å². The van der Waals surface area contributed by atoms with E-state index in [0.717, 1.165) is 21.5 Å². The number of benzene rings is 2. The minimum absolute atomic E-state index is 1.09. The van der Waals surface area contributed by atoms with Gasteiger partial charge in [0.15, 0.2) is 0 Å². The van der Waals surface area contributed by atoms with E-state index >= 15 is 0 Å². The molecule has 0 aliphatic heterocycles. The SMILES string of the molecule is C/C=C\C(=C/C)N(c1ccccc1)c1ccc(Br)cc1. The van der Waals surface area contributed by atoms with Crippen LogP contribution >= 0.6 is 15.9 Å². The molecule has 0 unspecified atom stereocenters. The van der Waals surface area contributed by atoms with Crippen LogP contribution in [-0.2, 0) is 0 Å². The molecular formula is C18H18BrN. The summed E-state index contributed by atoms with van der Waals surface area (Å²) in [4.78, 5) is 2.24. The quantitative estimate of drug-likeness (QED) is 0.616. The Hall–Kier alpha value is -1.80. The zero-order chi connectivity index (χ0) is 14.4. The summed E-state index contributed by atoms with van der Waals surface area (Å²) in [7, 11) is 0. The number of hydrogen-bond acceptors (Lipinski definition) is 1. The van der Waals surface area contributed by atoms with E-state index in [1.807, 2.05) is 13.0 Å². The van der Waals surface area contributed by atoms with E-state index < -0.39 is 0 Å². The molecule has 20 heavy (non-hydrogen) atoms. The lowest BCUT2D eigenvalue weighted by atomic mass is 10.2. The third-order valence-electron chi connectivity index (χ3n) is 2.99. The van der Waals surface area contributed by atoms with Crippen LogP contribution in [0, 0.1) is 0 Å². The lowest BCUT2D eigenvalue weighted by Crippen LogP contribution is -2.14. The van der Waals surface area contributed by atoms with Gasteiger partial charge in [-0.2, -0.15) is 0 Å². The van der Waals surface area contributed by atoms with Crippen LogP contribution in [0.1, 0.15) is 13.8 Å². The molecule has 2 aromatic carbocycles. The first kappa shape index (κ1) is 14.6. The average molecular weight is 328 g/mol. The Morgan fingerprint density at radius 2 is 1.50 bits per heavy atom. The average Bonchev–Trinajstić information content (AvgIpc) is 2.49. The minimum Gasteiger partial charge on any atom is -0.311 e. The van der Waals surface area contributed by atoms with E-state index in [4.69, 9.17) is 0 Å². The minimum atomic E-state index is 1.09. The summed E-state index contributed by atoms with van der Waals surface area (Å²) in [5.41, 5.74) is 3.45. The number of para-hydroxylation sites is 1. The molecular weight excluding hydrogens is 310 g/mol. The maximum Gasteiger partial charge on any atom is 0.0462 e. The van der Waals surface area contributed by atoms with Crippen molar-refractivity contribution in [1.29, 1.82) is 0 Å². The van der Waals surface area contributed by atoms with Gasteiger partial charge in [0, 0.05) is 21.5 Å². The van der Waals surface area contributed by atoms with Crippen molar-refractivity contribution in [2.75, 3.05) is 4.90 Å². The van der Waals surface area contributed by atoms with Crippen LogP contribution in [0.25, 0.3) is 0 Å². The van der Waals surface area contributed by atoms with Gasteiger partial charge in [0.2, 0.25) is 0 Å². The Kier molecular flexibility index (Phi) is 5.19. The molecule has 0 aliphatic carbocycles. The number of allylic oxidation sites excluding steroid dienone is 3. The third kappa shape index (κ3) is 3.40. The number of hydrogen-bond donors (Lipinski definition) is 0. The Morgan fingerprint density at radius 3 is 2.05 bits per heavy atom. The van der Waals surface area contributed by atoms with Gasteiger partial charge in [-0.05, 0) is 56.3 Å². The molecule has 2 aromatic rings. The van der Waals surface area contributed by atoms with E-state index in [2.05, 4.69) is 94.5 Å². The zero-order valence-electron chi connectivity index (χ0n) is 11.8. The molecule has 0 heterocycles. The van der Waals surface area contributed by atoms with Gasteiger partial charge in [-0.3, -0.25) is 0 Å². The Morgan fingerprint density at radius 1 is 0.900 bits per heavy atom. The van der Waals surface area contributed by atoms with Crippen LogP contribution in [0.15, 0.2) is 83.0 Å². The van der Waals surface area contributed by atoms with Crippen LogP contribution < -0.4 is 4.90 Å². The lowest BCUT2D eigenvalue weighted by molar-refractivity contribution is 1.20. The van der Waals surface area contributed by atoms with Crippen LogP contribution in [0.2, 0.25) is 0 Å². The molecule has 0 bridgehead atoms. The highest BCUT2D eigenvalue weighted by molar-refractivity contribution is 9.10. The normalized spacial score (nSPS) is 11.8. The maximum atomic E-state index is 3.49. The van der Waals surface area contributed by atoms with Crippen LogP contribution in [0.5, 0.6) is 0 Å². The van der Waals surface area contributed by atoms with E-state index in [1.165, 1.54) is 0 Å². The lowest BCUT2D eigenvalue weighted by Gasteiger charge is -2.26. The third-order valence-corrected chi connectivity index (χ3v) is 3.52. The summed E-state index contributed by atoms with van der Waals surface area (Å²) in [5.74, 6) is 0. The second kappa shape index (κ2) is 7.11. The Balaban J connectivity index is 2.52. The largest absolute Gasteiger partial charge is 0.311 e. The molecule has 0 saturated heterocycles. The molecule has 0 atom stereocenters. The van der Waals surface area contributed by atoms with Crippen molar-refractivity contribution in [3.63, 3.8) is 0 Å². The van der Waals surface area contributed by atoms with E-state index in [0.29, 0.717) is 0 Å². The van der Waals surface area contributed by atoms with Crippen molar-refractivity contribution >= 4 is 27.3 Å². The smallest absolute Gasteiger partial charge is 0.0462 e. The van der Waals surface area contributed by atoms with E-state index in [-0.39, 0.29) is 0 Å². The van der Waals surface area contributed by atoms with Crippen molar-refractivity contribution in [2.45, 2.75) is 13.8 Å². The highest BCUT2D eigenvalue weighted by Gasteiger charge is 2.11. The van der Waals surface area contributed by atoms with Gasteiger partial charge in [0.25, 0.3) is 0 Å². The summed E-state index contributed by atoms with van der Waals surface area (Å²) in [6.45, 7) is 4.10. The fourth-order valence-corrected chi connectivity index (χ4v) is 2.35.